The van der Waals surface area contributed by atoms with Crippen molar-refractivity contribution in [3.63, 3.8) is 0 Å². The highest BCUT2D eigenvalue weighted by atomic mass is 19.3. The Hall–Kier alpha value is -2.58. The average molecular weight is 385 g/mol. The molecular weight excluding hydrogens is 366 g/mol. The Balaban J connectivity index is 1.52. The number of carbonyl (C=O) groups is 1. The van der Waals surface area contributed by atoms with Gasteiger partial charge in [0.2, 0.25) is 0 Å². The molecule has 1 amide bonds. The number of amides is 1. The standard InChI is InChI=1S/C18H19F4N3O2/c1-25-16(9-15(24-25)17(21)22)18(26)23-12-2-4-13(5-3-12)27-14-7-10(19)6-11(20)8-14/h6-9,12-13,17H,2-5H2,1H3,(H,23,26). The number of carbonyl (C=O) groups excluding carboxylic acids is 1. The van der Waals surface area contributed by atoms with Gasteiger partial charge in [0.1, 0.15) is 28.8 Å². The second-order valence-electron chi connectivity index (χ2n) is 6.55. The van der Waals surface area contributed by atoms with E-state index >= 15 is 0 Å². The van der Waals surface area contributed by atoms with Crippen molar-refractivity contribution in [1.82, 2.24) is 15.1 Å². The highest BCUT2D eigenvalue weighted by Crippen LogP contribution is 2.25. The molecule has 27 heavy (non-hydrogen) atoms. The summed E-state index contributed by atoms with van der Waals surface area (Å²) < 4.78 is 58.5. The zero-order chi connectivity index (χ0) is 19.6. The first-order valence-corrected chi connectivity index (χ1v) is 8.57. The fourth-order valence-corrected chi connectivity index (χ4v) is 3.18. The monoisotopic (exact) mass is 385 g/mol. The maximum absolute atomic E-state index is 13.2. The van der Waals surface area contributed by atoms with E-state index in [2.05, 4.69) is 10.4 Å². The van der Waals surface area contributed by atoms with E-state index in [1.807, 2.05) is 0 Å². The fourth-order valence-electron chi connectivity index (χ4n) is 3.18. The van der Waals surface area contributed by atoms with Crippen molar-refractivity contribution < 1.29 is 27.1 Å². The Bertz CT molecular complexity index is 797. The van der Waals surface area contributed by atoms with E-state index in [1.54, 1.807) is 0 Å². The molecule has 5 nitrogen and oxygen atoms in total. The molecule has 9 heteroatoms. The second-order valence-corrected chi connectivity index (χ2v) is 6.55. The summed E-state index contributed by atoms with van der Waals surface area (Å²) in [4.78, 5) is 12.3. The van der Waals surface area contributed by atoms with Crippen LogP contribution in [0.1, 0.15) is 48.3 Å². The van der Waals surface area contributed by atoms with Crippen LogP contribution in [0.15, 0.2) is 24.3 Å². The van der Waals surface area contributed by atoms with Crippen molar-refractivity contribution in [2.45, 2.75) is 44.3 Å². The van der Waals surface area contributed by atoms with Crippen molar-refractivity contribution in [3.8, 4) is 5.75 Å². The van der Waals surface area contributed by atoms with Crippen molar-refractivity contribution in [1.29, 1.82) is 0 Å². The van der Waals surface area contributed by atoms with Crippen LogP contribution in [0, 0.1) is 11.6 Å². The van der Waals surface area contributed by atoms with Gasteiger partial charge in [-0.1, -0.05) is 0 Å². The van der Waals surface area contributed by atoms with E-state index in [-0.39, 0.29) is 23.6 Å². The molecule has 0 aliphatic heterocycles. The largest absolute Gasteiger partial charge is 0.490 e. The molecular formula is C18H19F4N3O2. The van der Waals surface area contributed by atoms with E-state index in [0.29, 0.717) is 25.7 Å². The van der Waals surface area contributed by atoms with Gasteiger partial charge < -0.3 is 10.1 Å². The predicted octanol–water partition coefficient (Wildman–Crippen LogP) is 3.76. The van der Waals surface area contributed by atoms with Crippen LogP contribution in [0.5, 0.6) is 5.75 Å². The second kappa shape index (κ2) is 7.98. The third-order valence-electron chi connectivity index (χ3n) is 4.50. The van der Waals surface area contributed by atoms with Crippen LogP contribution in [0.25, 0.3) is 0 Å². The summed E-state index contributed by atoms with van der Waals surface area (Å²) in [5.41, 5.74) is -0.374. The van der Waals surface area contributed by atoms with Gasteiger partial charge in [0.25, 0.3) is 12.3 Å². The summed E-state index contributed by atoms with van der Waals surface area (Å²) in [6.07, 6.45) is -0.547. The molecule has 1 N–H and O–H groups in total. The van der Waals surface area contributed by atoms with Gasteiger partial charge in [-0.2, -0.15) is 5.10 Å². The summed E-state index contributed by atoms with van der Waals surface area (Å²) in [7, 11) is 1.43. The molecule has 2 aromatic rings. The minimum Gasteiger partial charge on any atom is -0.490 e. The van der Waals surface area contributed by atoms with Gasteiger partial charge >= 0.3 is 0 Å². The third-order valence-corrected chi connectivity index (χ3v) is 4.50. The molecule has 0 unspecified atom stereocenters. The minimum absolute atomic E-state index is 0.0684. The van der Waals surface area contributed by atoms with Crippen molar-refractivity contribution >= 4 is 5.91 Å². The van der Waals surface area contributed by atoms with Crippen LogP contribution >= 0.6 is 0 Å². The molecule has 0 spiro atoms. The number of ether oxygens (including phenoxy) is 1. The Kier molecular flexibility index (Phi) is 5.67. The zero-order valence-corrected chi connectivity index (χ0v) is 14.6. The highest BCUT2D eigenvalue weighted by molar-refractivity contribution is 5.92. The van der Waals surface area contributed by atoms with E-state index < -0.39 is 29.7 Å². The first-order valence-electron chi connectivity index (χ1n) is 8.57. The van der Waals surface area contributed by atoms with Crippen LogP contribution in [-0.4, -0.2) is 27.8 Å². The van der Waals surface area contributed by atoms with Crippen LogP contribution in [-0.2, 0) is 7.05 Å². The number of aryl methyl sites for hydroxylation is 1. The molecule has 3 rings (SSSR count). The van der Waals surface area contributed by atoms with Gasteiger partial charge in [-0.3, -0.25) is 9.48 Å². The third kappa shape index (κ3) is 4.78. The van der Waals surface area contributed by atoms with Gasteiger partial charge in [-0.25, -0.2) is 17.6 Å². The highest BCUT2D eigenvalue weighted by Gasteiger charge is 2.26. The SMILES string of the molecule is Cn1nc(C(F)F)cc1C(=O)NC1CCC(Oc2cc(F)cc(F)c2)CC1. The number of rotatable bonds is 5. The number of halogens is 4. The molecule has 1 saturated carbocycles. The number of aromatic nitrogens is 2. The lowest BCUT2D eigenvalue weighted by Crippen LogP contribution is -2.40. The Morgan fingerprint density at radius 2 is 1.78 bits per heavy atom. The lowest BCUT2D eigenvalue weighted by Gasteiger charge is -2.29. The normalized spacial score (nSPS) is 19.9. The summed E-state index contributed by atoms with van der Waals surface area (Å²) in [6, 6.07) is 3.97. The number of hydrogen-bond acceptors (Lipinski definition) is 3. The molecule has 1 aromatic carbocycles. The van der Waals surface area contributed by atoms with Crippen molar-refractivity contribution in [3.05, 3.63) is 47.3 Å². The molecule has 1 aliphatic carbocycles. The molecule has 1 fully saturated rings. The smallest absolute Gasteiger partial charge is 0.282 e. The zero-order valence-electron chi connectivity index (χ0n) is 14.6. The Morgan fingerprint density at radius 1 is 1.15 bits per heavy atom. The van der Waals surface area contributed by atoms with Crippen LogP contribution < -0.4 is 10.1 Å². The van der Waals surface area contributed by atoms with Crippen LogP contribution in [0.2, 0.25) is 0 Å². The maximum Gasteiger partial charge on any atom is 0.282 e. The van der Waals surface area contributed by atoms with Gasteiger partial charge in [-0.05, 0) is 31.7 Å². The van der Waals surface area contributed by atoms with Crippen molar-refractivity contribution in [2.24, 2.45) is 7.05 Å². The van der Waals surface area contributed by atoms with Crippen molar-refractivity contribution in [2.75, 3.05) is 0 Å². The van der Waals surface area contributed by atoms with E-state index in [9.17, 15) is 22.4 Å². The average Bonchev–Trinajstić information content (AvgIpc) is 2.98. The molecule has 0 saturated heterocycles. The Labute approximate surface area is 153 Å². The molecule has 0 bridgehead atoms. The molecule has 1 heterocycles. The summed E-state index contributed by atoms with van der Waals surface area (Å²) in [5.74, 6) is -1.74. The molecule has 0 radical (unpaired) electrons. The summed E-state index contributed by atoms with van der Waals surface area (Å²) >= 11 is 0. The lowest BCUT2D eigenvalue weighted by atomic mass is 9.93. The number of nitrogens with zero attached hydrogens (tertiary/aromatic N) is 2. The Morgan fingerprint density at radius 3 is 2.33 bits per heavy atom. The maximum atomic E-state index is 13.2. The van der Waals surface area contributed by atoms with E-state index in [1.165, 1.54) is 7.05 Å². The quantitative estimate of drug-likeness (QED) is 0.798. The lowest BCUT2D eigenvalue weighted by molar-refractivity contribution is 0.0884. The van der Waals surface area contributed by atoms with Gasteiger partial charge in [-0.15, -0.1) is 0 Å². The van der Waals surface area contributed by atoms with Gasteiger partial charge in [0, 0.05) is 31.3 Å². The number of benzene rings is 1. The molecule has 1 aromatic heterocycles. The van der Waals surface area contributed by atoms with E-state index in [0.717, 1.165) is 28.9 Å². The minimum atomic E-state index is -2.74. The molecule has 0 atom stereocenters. The predicted molar refractivity (Wildman–Crippen MR) is 88.7 cm³/mol. The summed E-state index contributed by atoms with van der Waals surface area (Å²) in [5, 5.41) is 6.43. The topological polar surface area (TPSA) is 56.2 Å². The van der Waals surface area contributed by atoms with E-state index in [4.69, 9.17) is 4.74 Å². The van der Waals surface area contributed by atoms with Crippen LogP contribution in [0.4, 0.5) is 17.6 Å². The van der Waals surface area contributed by atoms with Gasteiger partial charge in [0.05, 0.1) is 6.10 Å². The number of nitrogens with one attached hydrogen (secondary N) is 1. The first kappa shape index (κ1) is 19.2. The molecule has 1 aliphatic rings. The van der Waals surface area contributed by atoms with Gasteiger partial charge in [0.15, 0.2) is 0 Å². The fraction of sp³-hybridized carbons (Fsp3) is 0.444. The number of hydrogen-bond donors (Lipinski definition) is 1. The van der Waals surface area contributed by atoms with Crippen LogP contribution in [0.3, 0.4) is 0 Å². The number of alkyl halides is 2. The first-order chi connectivity index (χ1) is 12.8. The summed E-state index contributed by atoms with van der Waals surface area (Å²) in [6.45, 7) is 0. The molecule has 146 valence electrons.